The Labute approximate surface area is 128 Å². The van der Waals surface area contributed by atoms with Gasteiger partial charge in [-0.05, 0) is 52.1 Å². The molecule has 4 atom stereocenters. The van der Waals surface area contributed by atoms with E-state index in [0.29, 0.717) is 12.6 Å². The Morgan fingerprint density at radius 1 is 1.48 bits per heavy atom. The quantitative estimate of drug-likeness (QED) is 0.782. The number of ether oxygens (including phenoxy) is 1. The second-order valence-corrected chi connectivity index (χ2v) is 6.67. The lowest BCUT2D eigenvalue weighted by molar-refractivity contribution is -0.146. The predicted octanol–water partition coefficient (Wildman–Crippen LogP) is 1.72. The molecule has 5 heteroatoms. The monoisotopic (exact) mass is 298 g/mol. The van der Waals surface area contributed by atoms with Gasteiger partial charge in [-0.25, -0.2) is 0 Å². The Kier molecular flexibility index (Phi) is 5.63. The third-order valence-corrected chi connectivity index (χ3v) is 5.20. The highest BCUT2D eigenvalue weighted by molar-refractivity contribution is 5.79. The second-order valence-electron chi connectivity index (χ2n) is 6.67. The van der Waals surface area contributed by atoms with Crippen molar-refractivity contribution in [3.05, 3.63) is 0 Å². The zero-order chi connectivity index (χ0) is 15.5. The van der Waals surface area contributed by atoms with Crippen molar-refractivity contribution in [2.45, 2.75) is 64.1 Å². The van der Waals surface area contributed by atoms with Gasteiger partial charge in [-0.1, -0.05) is 13.3 Å². The highest BCUT2D eigenvalue weighted by Gasteiger charge is 2.48. The largest absolute Gasteiger partial charge is 0.480 e. The Morgan fingerprint density at radius 3 is 2.90 bits per heavy atom. The van der Waals surface area contributed by atoms with Crippen LogP contribution in [-0.2, 0) is 9.53 Å². The van der Waals surface area contributed by atoms with E-state index in [1.807, 2.05) is 6.92 Å². The zero-order valence-corrected chi connectivity index (χ0v) is 13.6. The standard InChI is InChI=1S/C16H30N2O3/c1-4-17-16(15(19)20)8-5-6-14(16)7-9-18-10-13(3)21-11-12(18)2/h12-14,17H,4-11H2,1-3H3,(H,19,20). The first-order chi connectivity index (χ1) is 9.99. The highest BCUT2D eigenvalue weighted by atomic mass is 16.5. The maximum Gasteiger partial charge on any atom is 0.324 e. The van der Waals surface area contributed by atoms with E-state index in [9.17, 15) is 9.90 Å². The van der Waals surface area contributed by atoms with E-state index < -0.39 is 11.5 Å². The van der Waals surface area contributed by atoms with Gasteiger partial charge in [0.1, 0.15) is 5.54 Å². The van der Waals surface area contributed by atoms with Crippen LogP contribution in [0.4, 0.5) is 0 Å². The fourth-order valence-corrected chi connectivity index (χ4v) is 3.98. The molecule has 2 N–H and O–H groups in total. The lowest BCUT2D eigenvalue weighted by atomic mass is 9.84. The zero-order valence-electron chi connectivity index (χ0n) is 13.6. The molecule has 0 bridgehead atoms. The first-order valence-electron chi connectivity index (χ1n) is 8.33. The van der Waals surface area contributed by atoms with E-state index in [1.165, 1.54) is 0 Å². The van der Waals surface area contributed by atoms with Gasteiger partial charge >= 0.3 is 5.97 Å². The molecule has 2 fully saturated rings. The molecule has 1 heterocycles. The third kappa shape index (κ3) is 3.58. The Morgan fingerprint density at radius 2 is 2.24 bits per heavy atom. The van der Waals surface area contributed by atoms with Crippen LogP contribution in [0, 0.1) is 5.92 Å². The Hall–Kier alpha value is -0.650. The van der Waals surface area contributed by atoms with Gasteiger partial charge in [-0.2, -0.15) is 0 Å². The molecule has 0 aromatic heterocycles. The molecule has 5 nitrogen and oxygen atoms in total. The van der Waals surface area contributed by atoms with Gasteiger partial charge < -0.3 is 15.2 Å². The van der Waals surface area contributed by atoms with E-state index in [0.717, 1.165) is 45.4 Å². The van der Waals surface area contributed by atoms with Gasteiger partial charge in [0.25, 0.3) is 0 Å². The van der Waals surface area contributed by atoms with Crippen LogP contribution >= 0.6 is 0 Å². The summed E-state index contributed by atoms with van der Waals surface area (Å²) < 4.78 is 5.66. The predicted molar refractivity (Wildman–Crippen MR) is 82.5 cm³/mol. The minimum atomic E-state index is -0.699. The van der Waals surface area contributed by atoms with Gasteiger partial charge in [0, 0.05) is 12.6 Å². The van der Waals surface area contributed by atoms with Crippen LogP contribution in [0.5, 0.6) is 0 Å². The van der Waals surface area contributed by atoms with Crippen LogP contribution in [0.15, 0.2) is 0 Å². The maximum absolute atomic E-state index is 11.8. The van der Waals surface area contributed by atoms with Crippen molar-refractivity contribution in [3.63, 3.8) is 0 Å². The number of hydrogen-bond donors (Lipinski definition) is 2. The molecule has 4 unspecified atom stereocenters. The number of nitrogens with one attached hydrogen (secondary N) is 1. The fraction of sp³-hybridized carbons (Fsp3) is 0.938. The molecule has 1 aliphatic heterocycles. The third-order valence-electron chi connectivity index (χ3n) is 5.20. The summed E-state index contributed by atoms with van der Waals surface area (Å²) in [6.07, 6.45) is 4.03. The Balaban J connectivity index is 1.96. The maximum atomic E-state index is 11.8. The average Bonchev–Trinajstić information content (AvgIpc) is 2.84. The first-order valence-corrected chi connectivity index (χ1v) is 8.33. The highest BCUT2D eigenvalue weighted by Crippen LogP contribution is 2.38. The van der Waals surface area contributed by atoms with E-state index in [-0.39, 0.29) is 12.0 Å². The summed E-state index contributed by atoms with van der Waals surface area (Å²) in [5.74, 6) is -0.435. The first kappa shape index (κ1) is 16.7. The molecule has 0 aromatic rings. The summed E-state index contributed by atoms with van der Waals surface area (Å²) in [4.78, 5) is 14.2. The molecule has 0 spiro atoms. The Bertz CT molecular complexity index is 363. The summed E-state index contributed by atoms with van der Waals surface area (Å²) >= 11 is 0. The van der Waals surface area contributed by atoms with Crippen molar-refractivity contribution in [2.75, 3.05) is 26.2 Å². The van der Waals surface area contributed by atoms with Crippen molar-refractivity contribution in [3.8, 4) is 0 Å². The number of carboxylic acid groups (broad SMARTS) is 1. The number of likely N-dealkylation sites (N-methyl/N-ethyl adjacent to an activating group) is 1. The molecule has 0 amide bonds. The van der Waals surface area contributed by atoms with Crippen LogP contribution in [0.25, 0.3) is 0 Å². The second kappa shape index (κ2) is 7.07. The number of rotatable bonds is 6. The number of aliphatic carboxylic acids is 1. The normalized spacial score (nSPS) is 37.8. The summed E-state index contributed by atoms with van der Waals surface area (Å²) in [5, 5.41) is 13.0. The van der Waals surface area contributed by atoms with Gasteiger partial charge in [0.15, 0.2) is 0 Å². The average molecular weight is 298 g/mol. The molecule has 0 radical (unpaired) electrons. The smallest absolute Gasteiger partial charge is 0.324 e. The van der Waals surface area contributed by atoms with Crippen molar-refractivity contribution in [2.24, 2.45) is 5.92 Å². The molecular formula is C16H30N2O3. The number of carboxylic acids is 1. The van der Waals surface area contributed by atoms with E-state index >= 15 is 0 Å². The van der Waals surface area contributed by atoms with Crippen molar-refractivity contribution in [1.29, 1.82) is 0 Å². The van der Waals surface area contributed by atoms with Crippen LogP contribution < -0.4 is 5.32 Å². The number of carbonyl (C=O) groups is 1. The molecule has 122 valence electrons. The molecule has 1 saturated heterocycles. The summed E-state index contributed by atoms with van der Waals surface area (Å²) in [7, 11) is 0. The minimum absolute atomic E-state index is 0.236. The van der Waals surface area contributed by atoms with E-state index in [4.69, 9.17) is 4.74 Å². The number of nitrogens with zero attached hydrogens (tertiary/aromatic N) is 1. The van der Waals surface area contributed by atoms with Gasteiger partial charge in [-0.15, -0.1) is 0 Å². The van der Waals surface area contributed by atoms with Crippen LogP contribution in [-0.4, -0.2) is 59.9 Å². The van der Waals surface area contributed by atoms with E-state index in [1.54, 1.807) is 0 Å². The molecule has 1 aliphatic carbocycles. The number of hydrogen-bond acceptors (Lipinski definition) is 4. The van der Waals surface area contributed by atoms with Gasteiger partial charge in [0.2, 0.25) is 0 Å². The molecular weight excluding hydrogens is 268 g/mol. The van der Waals surface area contributed by atoms with Crippen LogP contribution in [0.1, 0.15) is 46.5 Å². The molecule has 21 heavy (non-hydrogen) atoms. The molecule has 0 aromatic carbocycles. The van der Waals surface area contributed by atoms with Gasteiger partial charge in [0.05, 0.1) is 12.7 Å². The van der Waals surface area contributed by atoms with Crippen molar-refractivity contribution in [1.82, 2.24) is 10.2 Å². The molecule has 2 aliphatic rings. The molecule has 2 rings (SSSR count). The van der Waals surface area contributed by atoms with Crippen LogP contribution in [0.2, 0.25) is 0 Å². The fourth-order valence-electron chi connectivity index (χ4n) is 3.98. The lowest BCUT2D eigenvalue weighted by Crippen LogP contribution is -2.55. The lowest BCUT2D eigenvalue weighted by Gasteiger charge is -2.39. The van der Waals surface area contributed by atoms with E-state index in [2.05, 4.69) is 24.1 Å². The summed E-state index contributed by atoms with van der Waals surface area (Å²) in [6, 6.07) is 0.431. The minimum Gasteiger partial charge on any atom is -0.480 e. The van der Waals surface area contributed by atoms with Crippen molar-refractivity contribution >= 4 is 5.97 Å². The summed E-state index contributed by atoms with van der Waals surface area (Å²) in [6.45, 7) is 9.71. The number of morpholine rings is 1. The summed E-state index contributed by atoms with van der Waals surface area (Å²) in [5.41, 5.74) is -0.699. The van der Waals surface area contributed by atoms with Crippen LogP contribution in [0.3, 0.4) is 0 Å². The van der Waals surface area contributed by atoms with Gasteiger partial charge in [-0.3, -0.25) is 9.69 Å². The topological polar surface area (TPSA) is 61.8 Å². The van der Waals surface area contributed by atoms with Crippen molar-refractivity contribution < 1.29 is 14.6 Å². The molecule has 1 saturated carbocycles. The SMILES string of the molecule is CCNC1(C(=O)O)CCCC1CCN1CC(C)OCC1C.